The molecule has 3 fully saturated rings. The Kier molecular flexibility index (Phi) is 3.54. The maximum atomic E-state index is 11.4. The Bertz CT molecular complexity index is 315. The zero-order valence-electron chi connectivity index (χ0n) is 10.8. The average Bonchev–Trinajstić information content (AvgIpc) is 3.27. The maximum Gasteiger partial charge on any atom is 0.263 e. The van der Waals surface area contributed by atoms with Crippen molar-refractivity contribution in [3.63, 3.8) is 0 Å². The second-order valence-electron chi connectivity index (χ2n) is 5.96. The number of hydrogen-bond acceptors (Lipinski definition) is 4. The van der Waals surface area contributed by atoms with Crippen LogP contribution < -0.4 is 11.3 Å². The van der Waals surface area contributed by atoms with Gasteiger partial charge in [-0.1, -0.05) is 0 Å². The van der Waals surface area contributed by atoms with Gasteiger partial charge in [-0.25, -0.2) is 5.84 Å². The molecule has 0 aromatic carbocycles. The summed E-state index contributed by atoms with van der Waals surface area (Å²) in [5.74, 6) is 5.88. The predicted molar refractivity (Wildman–Crippen MR) is 67.5 cm³/mol. The monoisotopic (exact) mass is 253 g/mol. The molecule has 3 rings (SSSR count). The van der Waals surface area contributed by atoms with Gasteiger partial charge in [-0.05, 0) is 44.4 Å². The summed E-state index contributed by atoms with van der Waals surface area (Å²) in [5.41, 5.74) is 2.18. The largest absolute Gasteiger partial charge is 0.364 e. The van der Waals surface area contributed by atoms with Gasteiger partial charge in [-0.15, -0.1) is 0 Å². The van der Waals surface area contributed by atoms with Crippen LogP contribution in [0.1, 0.15) is 38.5 Å². The van der Waals surface area contributed by atoms with E-state index in [1.54, 1.807) is 0 Å². The molecular formula is C13H23N3O2. The van der Waals surface area contributed by atoms with Crippen molar-refractivity contribution in [2.45, 2.75) is 56.8 Å². The van der Waals surface area contributed by atoms with Crippen LogP contribution in [0.3, 0.4) is 0 Å². The fraction of sp³-hybridized carbons (Fsp3) is 0.923. The lowest BCUT2D eigenvalue weighted by atomic mass is 10.1. The van der Waals surface area contributed by atoms with E-state index in [0.29, 0.717) is 0 Å². The molecule has 2 atom stereocenters. The lowest BCUT2D eigenvalue weighted by molar-refractivity contribution is -0.132. The third kappa shape index (κ3) is 3.02. The third-order valence-electron chi connectivity index (χ3n) is 4.23. The predicted octanol–water partition coefficient (Wildman–Crippen LogP) is 0.398. The first-order chi connectivity index (χ1) is 8.76. The van der Waals surface area contributed by atoms with Gasteiger partial charge in [0, 0.05) is 19.1 Å². The molecule has 5 nitrogen and oxygen atoms in total. The Labute approximate surface area is 108 Å². The van der Waals surface area contributed by atoms with E-state index >= 15 is 0 Å². The first-order valence-corrected chi connectivity index (χ1v) is 7.16. The third-order valence-corrected chi connectivity index (χ3v) is 4.23. The molecular weight excluding hydrogens is 230 g/mol. The van der Waals surface area contributed by atoms with Crippen LogP contribution in [-0.4, -0.2) is 42.1 Å². The van der Waals surface area contributed by atoms with Gasteiger partial charge >= 0.3 is 0 Å². The van der Waals surface area contributed by atoms with Gasteiger partial charge in [0.25, 0.3) is 5.91 Å². The molecule has 0 aromatic rings. The van der Waals surface area contributed by atoms with E-state index in [-0.39, 0.29) is 18.1 Å². The summed E-state index contributed by atoms with van der Waals surface area (Å²) in [6, 6.07) is 0.789. The van der Waals surface area contributed by atoms with E-state index in [0.717, 1.165) is 31.3 Å². The summed E-state index contributed by atoms with van der Waals surface area (Å²) in [6.45, 7) is 2.23. The van der Waals surface area contributed by atoms with Gasteiger partial charge in [-0.3, -0.25) is 15.1 Å². The average molecular weight is 253 g/mol. The van der Waals surface area contributed by atoms with Gasteiger partial charge in [-0.2, -0.15) is 0 Å². The Morgan fingerprint density at radius 3 is 2.56 bits per heavy atom. The molecule has 3 aliphatic rings. The van der Waals surface area contributed by atoms with Gasteiger partial charge < -0.3 is 4.74 Å². The van der Waals surface area contributed by atoms with Crippen molar-refractivity contribution in [2.24, 2.45) is 11.8 Å². The second kappa shape index (κ2) is 5.15. The van der Waals surface area contributed by atoms with Crippen molar-refractivity contribution in [2.75, 3.05) is 13.1 Å². The minimum Gasteiger partial charge on any atom is -0.364 e. The molecule has 2 aliphatic carbocycles. The highest BCUT2D eigenvalue weighted by Gasteiger charge is 2.37. The molecule has 2 unspecified atom stereocenters. The van der Waals surface area contributed by atoms with Crippen molar-refractivity contribution in [3.8, 4) is 0 Å². The zero-order valence-corrected chi connectivity index (χ0v) is 10.8. The first kappa shape index (κ1) is 12.4. The lowest BCUT2D eigenvalue weighted by Gasteiger charge is -2.25. The normalized spacial score (nSPS) is 31.9. The van der Waals surface area contributed by atoms with Crippen molar-refractivity contribution in [1.82, 2.24) is 10.3 Å². The molecule has 5 heteroatoms. The van der Waals surface area contributed by atoms with Crippen molar-refractivity contribution in [1.29, 1.82) is 0 Å². The van der Waals surface area contributed by atoms with Crippen LogP contribution in [-0.2, 0) is 9.53 Å². The molecule has 102 valence electrons. The fourth-order valence-electron chi connectivity index (χ4n) is 2.83. The topological polar surface area (TPSA) is 67.6 Å². The maximum absolute atomic E-state index is 11.4. The van der Waals surface area contributed by atoms with E-state index in [9.17, 15) is 4.79 Å². The number of carbonyl (C=O) groups excluding carboxylic acids is 1. The Balaban J connectivity index is 1.47. The highest BCUT2D eigenvalue weighted by atomic mass is 16.5. The van der Waals surface area contributed by atoms with Crippen LogP contribution in [0.2, 0.25) is 0 Å². The number of nitrogens with two attached hydrogens (primary N) is 1. The zero-order chi connectivity index (χ0) is 12.5. The van der Waals surface area contributed by atoms with Crippen LogP contribution in [0.25, 0.3) is 0 Å². The number of amides is 1. The SMILES string of the molecule is NNC(=O)C1CCC(CN(CC2CC2)C2CC2)O1. The Morgan fingerprint density at radius 2 is 1.94 bits per heavy atom. The van der Waals surface area contributed by atoms with Crippen LogP contribution in [0.15, 0.2) is 0 Å². The van der Waals surface area contributed by atoms with Crippen molar-refractivity contribution >= 4 is 5.91 Å². The van der Waals surface area contributed by atoms with Gasteiger partial charge in [0.2, 0.25) is 0 Å². The van der Waals surface area contributed by atoms with Crippen molar-refractivity contribution < 1.29 is 9.53 Å². The molecule has 0 bridgehead atoms. The minimum absolute atomic E-state index is 0.183. The van der Waals surface area contributed by atoms with Crippen LogP contribution >= 0.6 is 0 Å². The van der Waals surface area contributed by atoms with Crippen LogP contribution in [0.4, 0.5) is 0 Å². The number of nitrogens with one attached hydrogen (secondary N) is 1. The van der Waals surface area contributed by atoms with Crippen LogP contribution in [0, 0.1) is 5.92 Å². The van der Waals surface area contributed by atoms with Crippen LogP contribution in [0.5, 0.6) is 0 Å². The molecule has 1 amide bonds. The highest BCUT2D eigenvalue weighted by molar-refractivity contribution is 5.80. The molecule has 0 spiro atoms. The van der Waals surface area contributed by atoms with E-state index in [2.05, 4.69) is 10.3 Å². The second-order valence-corrected chi connectivity index (χ2v) is 5.96. The summed E-state index contributed by atoms with van der Waals surface area (Å²) in [4.78, 5) is 14.0. The molecule has 0 radical (unpaired) electrons. The number of rotatable bonds is 6. The molecule has 1 heterocycles. The van der Waals surface area contributed by atoms with Gasteiger partial charge in [0.05, 0.1) is 6.10 Å². The van der Waals surface area contributed by atoms with E-state index in [4.69, 9.17) is 10.6 Å². The molecule has 1 aliphatic heterocycles. The summed E-state index contributed by atoms with van der Waals surface area (Å²) < 4.78 is 5.79. The summed E-state index contributed by atoms with van der Waals surface area (Å²) >= 11 is 0. The summed E-state index contributed by atoms with van der Waals surface area (Å²) in [5, 5.41) is 0. The van der Waals surface area contributed by atoms with Gasteiger partial charge in [0.15, 0.2) is 0 Å². The number of hydrazine groups is 1. The number of nitrogens with zero attached hydrogens (tertiary/aromatic N) is 1. The number of carbonyl (C=O) groups is 1. The quantitative estimate of drug-likeness (QED) is 0.408. The molecule has 2 saturated carbocycles. The Hall–Kier alpha value is -0.650. The molecule has 1 saturated heterocycles. The lowest BCUT2D eigenvalue weighted by Crippen LogP contribution is -2.40. The smallest absolute Gasteiger partial charge is 0.263 e. The number of ether oxygens (including phenoxy) is 1. The molecule has 3 N–H and O–H groups in total. The minimum atomic E-state index is -0.332. The fourth-order valence-corrected chi connectivity index (χ4v) is 2.83. The summed E-state index contributed by atoms with van der Waals surface area (Å²) in [7, 11) is 0. The van der Waals surface area contributed by atoms with Crippen molar-refractivity contribution in [3.05, 3.63) is 0 Å². The summed E-state index contributed by atoms with van der Waals surface area (Å²) in [6.07, 6.45) is 7.13. The Morgan fingerprint density at radius 1 is 1.17 bits per heavy atom. The van der Waals surface area contributed by atoms with E-state index < -0.39 is 0 Å². The molecule has 0 aromatic heterocycles. The van der Waals surface area contributed by atoms with E-state index in [1.165, 1.54) is 32.2 Å². The highest BCUT2D eigenvalue weighted by Crippen LogP contribution is 2.35. The number of hydrogen-bond donors (Lipinski definition) is 2. The van der Waals surface area contributed by atoms with Gasteiger partial charge in [0.1, 0.15) is 6.10 Å². The standard InChI is InChI=1S/C13H23N3O2/c14-15-13(17)12-6-5-11(18-12)8-16(10-3-4-10)7-9-1-2-9/h9-12H,1-8,14H2,(H,15,17). The van der Waals surface area contributed by atoms with E-state index in [1.807, 2.05) is 0 Å². The molecule has 18 heavy (non-hydrogen) atoms. The first-order valence-electron chi connectivity index (χ1n) is 7.16.